The zero-order valence-corrected chi connectivity index (χ0v) is 21.5. The standard InChI is InChI=1S/C30H43O/c1-18(2)24-13-23(14-25(15-24)19(3)4)11-12-29(31)30-27(21(7)8)16-26(20(5)6)17-28(30)22(9)10/h13-14,16-22H,11-12H2,1-10H3. The summed E-state index contributed by atoms with van der Waals surface area (Å²) in [5.74, 6) is 2.30. The smallest absolute Gasteiger partial charge is 0.163 e. The Hall–Kier alpha value is -1.89. The number of rotatable bonds is 9. The first-order chi connectivity index (χ1) is 14.4. The minimum Gasteiger partial charge on any atom is -0.294 e. The highest BCUT2D eigenvalue weighted by molar-refractivity contribution is 5.99. The molecule has 0 bridgehead atoms. The van der Waals surface area contributed by atoms with Crippen LogP contribution in [0.25, 0.3) is 0 Å². The molecule has 0 spiro atoms. The summed E-state index contributed by atoms with van der Waals surface area (Å²) in [6.45, 7) is 22.1. The van der Waals surface area contributed by atoms with Crippen LogP contribution in [-0.4, -0.2) is 5.78 Å². The van der Waals surface area contributed by atoms with Crippen LogP contribution in [0, 0.1) is 6.07 Å². The Bertz CT molecular complexity index is 841. The maximum atomic E-state index is 13.6. The molecule has 2 rings (SSSR count). The lowest BCUT2D eigenvalue weighted by Gasteiger charge is -2.22. The summed E-state index contributed by atoms with van der Waals surface area (Å²) in [6, 6.07) is 12.6. The molecule has 31 heavy (non-hydrogen) atoms. The van der Waals surface area contributed by atoms with Gasteiger partial charge in [0.05, 0.1) is 0 Å². The van der Waals surface area contributed by atoms with Gasteiger partial charge in [0.25, 0.3) is 0 Å². The Morgan fingerprint density at radius 1 is 0.677 bits per heavy atom. The molecule has 1 heteroatoms. The van der Waals surface area contributed by atoms with Crippen LogP contribution in [0.2, 0.25) is 0 Å². The van der Waals surface area contributed by atoms with Crippen LogP contribution in [0.3, 0.4) is 0 Å². The number of hydrogen-bond donors (Lipinski definition) is 0. The molecule has 169 valence electrons. The minimum absolute atomic E-state index is 0.285. The van der Waals surface area contributed by atoms with Crippen LogP contribution in [0.1, 0.15) is 149 Å². The zero-order valence-electron chi connectivity index (χ0n) is 21.5. The van der Waals surface area contributed by atoms with E-state index in [4.69, 9.17) is 0 Å². The van der Waals surface area contributed by atoms with Crippen LogP contribution in [-0.2, 0) is 6.42 Å². The lowest BCUT2D eigenvalue weighted by molar-refractivity contribution is 0.0980. The normalized spacial score (nSPS) is 12.1. The number of hydrogen-bond acceptors (Lipinski definition) is 1. The molecule has 0 unspecified atom stereocenters. The minimum atomic E-state index is 0.285. The van der Waals surface area contributed by atoms with Crippen molar-refractivity contribution < 1.29 is 4.79 Å². The Labute approximate surface area is 191 Å². The molecule has 0 aliphatic heterocycles. The molecule has 0 aliphatic rings. The lowest BCUT2D eigenvalue weighted by Crippen LogP contribution is -2.13. The SMILES string of the molecule is CC(C)c1[c]c(C(C)C)cc(CCC(=O)c2c(C(C)C)cc(C(C)C)cc2C(C)C)c1. The maximum absolute atomic E-state index is 13.6. The van der Waals surface area contributed by atoms with E-state index >= 15 is 0 Å². The molecule has 1 nitrogen and oxygen atoms in total. The summed E-state index contributed by atoms with van der Waals surface area (Å²) in [7, 11) is 0. The van der Waals surface area contributed by atoms with E-state index in [-0.39, 0.29) is 5.78 Å². The van der Waals surface area contributed by atoms with Crippen molar-refractivity contribution in [3.05, 3.63) is 69.3 Å². The van der Waals surface area contributed by atoms with Gasteiger partial charge in [-0.15, -0.1) is 0 Å². The Morgan fingerprint density at radius 3 is 1.48 bits per heavy atom. The third kappa shape index (κ3) is 6.31. The molecule has 0 atom stereocenters. The molecular formula is C30H43O. The van der Waals surface area contributed by atoms with Crippen molar-refractivity contribution in [3.63, 3.8) is 0 Å². The lowest BCUT2D eigenvalue weighted by atomic mass is 9.82. The van der Waals surface area contributed by atoms with Crippen LogP contribution in [0.5, 0.6) is 0 Å². The average Bonchev–Trinajstić information content (AvgIpc) is 2.70. The maximum Gasteiger partial charge on any atom is 0.163 e. The topological polar surface area (TPSA) is 17.1 Å². The van der Waals surface area contributed by atoms with Gasteiger partial charge in [-0.25, -0.2) is 0 Å². The molecule has 0 heterocycles. The first-order valence-corrected chi connectivity index (χ1v) is 12.2. The highest BCUT2D eigenvalue weighted by Crippen LogP contribution is 2.33. The Balaban J connectivity index is 2.42. The Morgan fingerprint density at radius 2 is 1.13 bits per heavy atom. The van der Waals surface area contributed by atoms with Gasteiger partial charge in [0.15, 0.2) is 5.78 Å². The summed E-state index contributed by atoms with van der Waals surface area (Å²) in [4.78, 5) is 13.6. The number of ketones is 1. The zero-order chi connectivity index (χ0) is 23.5. The fraction of sp³-hybridized carbons (Fsp3) is 0.567. The summed E-state index contributed by atoms with van der Waals surface area (Å²) in [6.07, 6.45) is 1.34. The van der Waals surface area contributed by atoms with Gasteiger partial charge in [-0.1, -0.05) is 93.5 Å². The predicted octanol–water partition coefficient (Wildman–Crippen LogP) is 8.92. The summed E-state index contributed by atoms with van der Waals surface area (Å²) < 4.78 is 0. The molecule has 0 saturated carbocycles. The van der Waals surface area contributed by atoms with Crippen molar-refractivity contribution in [2.75, 3.05) is 0 Å². The van der Waals surface area contributed by atoms with Crippen molar-refractivity contribution in [2.45, 2.75) is 112 Å². The van der Waals surface area contributed by atoms with Crippen LogP contribution < -0.4 is 0 Å². The van der Waals surface area contributed by atoms with E-state index < -0.39 is 0 Å². The predicted molar refractivity (Wildman–Crippen MR) is 135 cm³/mol. The molecular weight excluding hydrogens is 376 g/mol. The quantitative estimate of drug-likeness (QED) is 0.371. The van der Waals surface area contributed by atoms with E-state index in [0.717, 1.165) is 12.0 Å². The molecule has 0 N–H and O–H groups in total. The van der Waals surface area contributed by atoms with E-state index in [0.29, 0.717) is 36.0 Å². The van der Waals surface area contributed by atoms with Crippen molar-refractivity contribution >= 4 is 5.78 Å². The van der Waals surface area contributed by atoms with Gasteiger partial charge < -0.3 is 0 Å². The fourth-order valence-electron chi connectivity index (χ4n) is 4.11. The van der Waals surface area contributed by atoms with Gasteiger partial charge in [-0.2, -0.15) is 0 Å². The van der Waals surface area contributed by atoms with Crippen molar-refractivity contribution in [1.82, 2.24) is 0 Å². The highest BCUT2D eigenvalue weighted by Gasteiger charge is 2.22. The van der Waals surface area contributed by atoms with E-state index in [1.807, 2.05) is 0 Å². The van der Waals surface area contributed by atoms with E-state index in [1.165, 1.54) is 33.4 Å². The molecule has 2 aromatic carbocycles. The molecule has 0 fully saturated rings. The first-order valence-electron chi connectivity index (χ1n) is 12.2. The van der Waals surface area contributed by atoms with E-state index in [1.54, 1.807) is 0 Å². The monoisotopic (exact) mass is 419 g/mol. The highest BCUT2D eigenvalue weighted by atomic mass is 16.1. The molecule has 0 amide bonds. The fourth-order valence-corrected chi connectivity index (χ4v) is 4.11. The van der Waals surface area contributed by atoms with Gasteiger partial charge >= 0.3 is 0 Å². The largest absolute Gasteiger partial charge is 0.294 e. The molecule has 2 aromatic rings. The molecule has 0 aliphatic carbocycles. The third-order valence-electron chi connectivity index (χ3n) is 6.27. The van der Waals surface area contributed by atoms with E-state index in [2.05, 4.69) is 99.6 Å². The first kappa shape index (κ1) is 25.4. The van der Waals surface area contributed by atoms with E-state index in [9.17, 15) is 4.79 Å². The number of Topliss-reactive ketones (excluding diaryl/α,β-unsaturated/α-hetero) is 1. The average molecular weight is 420 g/mol. The molecule has 1 radical (unpaired) electrons. The summed E-state index contributed by atoms with van der Waals surface area (Å²) >= 11 is 0. The van der Waals surface area contributed by atoms with Crippen molar-refractivity contribution in [1.29, 1.82) is 0 Å². The van der Waals surface area contributed by atoms with Crippen molar-refractivity contribution in [3.8, 4) is 0 Å². The molecule has 0 aromatic heterocycles. The van der Waals surface area contributed by atoms with Gasteiger partial charge in [0.2, 0.25) is 0 Å². The van der Waals surface area contributed by atoms with Crippen LogP contribution in [0.4, 0.5) is 0 Å². The number of carbonyl (C=O) groups is 1. The van der Waals surface area contributed by atoms with Gasteiger partial charge in [0.1, 0.15) is 0 Å². The number of carbonyl (C=O) groups excluding carboxylic acids is 1. The summed E-state index contributed by atoms with van der Waals surface area (Å²) in [5.41, 5.74) is 8.51. The number of aryl methyl sites for hydroxylation is 1. The third-order valence-corrected chi connectivity index (χ3v) is 6.27. The molecule has 0 saturated heterocycles. The second kappa shape index (κ2) is 10.6. The van der Waals surface area contributed by atoms with Gasteiger partial charge in [-0.05, 0) is 75.5 Å². The second-order valence-corrected chi connectivity index (χ2v) is 10.7. The van der Waals surface area contributed by atoms with Crippen molar-refractivity contribution in [2.24, 2.45) is 0 Å². The van der Waals surface area contributed by atoms with Gasteiger partial charge in [0, 0.05) is 12.0 Å². The Kier molecular flexibility index (Phi) is 8.69. The second-order valence-electron chi connectivity index (χ2n) is 10.7. The van der Waals surface area contributed by atoms with Gasteiger partial charge in [-0.3, -0.25) is 4.79 Å². The number of benzene rings is 2. The van der Waals surface area contributed by atoms with Crippen LogP contribution in [0.15, 0.2) is 24.3 Å². The summed E-state index contributed by atoms with van der Waals surface area (Å²) in [5, 5.41) is 0. The van der Waals surface area contributed by atoms with Crippen LogP contribution >= 0.6 is 0 Å².